The van der Waals surface area contributed by atoms with E-state index in [1.54, 1.807) is 13.8 Å². The van der Waals surface area contributed by atoms with Gasteiger partial charge in [-0.2, -0.15) is 0 Å². The van der Waals surface area contributed by atoms with Gasteiger partial charge in [-0.15, -0.1) is 0 Å². The van der Waals surface area contributed by atoms with Crippen LogP contribution in [-0.2, 0) is 10.8 Å². The highest BCUT2D eigenvalue weighted by Crippen LogP contribution is 2.33. The molecule has 25 heavy (non-hydrogen) atoms. The molecule has 0 bridgehead atoms. The Hall–Kier alpha value is -2.17. The summed E-state index contributed by atoms with van der Waals surface area (Å²) in [5, 5.41) is 9.58. The van der Waals surface area contributed by atoms with Gasteiger partial charge in [-0.1, -0.05) is 34.6 Å². The van der Waals surface area contributed by atoms with Gasteiger partial charge in [-0.25, -0.2) is 13.2 Å². The molecular weight excluding hydrogens is 329 g/mol. The van der Waals surface area contributed by atoms with Crippen molar-refractivity contribution in [2.45, 2.75) is 45.4 Å². The molecule has 0 saturated carbocycles. The van der Waals surface area contributed by atoms with Gasteiger partial charge < -0.3 is 9.84 Å². The normalized spacial score (nSPS) is 12.3. The fourth-order valence-electron chi connectivity index (χ4n) is 2.58. The van der Waals surface area contributed by atoms with E-state index < -0.39 is 28.3 Å². The maximum atomic E-state index is 14.1. The predicted molar refractivity (Wildman–Crippen MR) is 91.6 cm³/mol. The van der Waals surface area contributed by atoms with Gasteiger partial charge in [0.2, 0.25) is 0 Å². The Morgan fingerprint density at radius 2 is 1.48 bits per heavy atom. The van der Waals surface area contributed by atoms with Gasteiger partial charge in [0.1, 0.15) is 17.4 Å². The van der Waals surface area contributed by atoms with Gasteiger partial charge in [0.15, 0.2) is 11.6 Å². The van der Waals surface area contributed by atoms with Gasteiger partial charge >= 0.3 is 0 Å². The monoisotopic (exact) mass is 352 g/mol. The van der Waals surface area contributed by atoms with Crippen LogP contribution in [0.25, 0.3) is 0 Å². The molecule has 0 heterocycles. The summed E-state index contributed by atoms with van der Waals surface area (Å²) >= 11 is 0. The molecule has 0 aliphatic heterocycles. The third kappa shape index (κ3) is 4.27. The lowest BCUT2D eigenvalue weighted by molar-refractivity contribution is 0.226. The highest BCUT2D eigenvalue weighted by Gasteiger charge is 2.27. The summed E-state index contributed by atoms with van der Waals surface area (Å²) in [4.78, 5) is 0. The third-order valence-corrected chi connectivity index (χ3v) is 4.10. The molecule has 0 radical (unpaired) electrons. The predicted octanol–water partition coefficient (Wildman–Crippen LogP) is 5.46. The number of phenols is 1. The molecule has 2 aromatic carbocycles. The number of benzene rings is 2. The lowest BCUT2D eigenvalue weighted by Crippen LogP contribution is -2.28. The van der Waals surface area contributed by atoms with Crippen LogP contribution in [0.1, 0.15) is 45.7 Å². The van der Waals surface area contributed by atoms with Gasteiger partial charge in [-0.05, 0) is 35.2 Å². The van der Waals surface area contributed by atoms with Gasteiger partial charge in [0.25, 0.3) is 0 Å². The molecule has 0 fully saturated rings. The second-order valence-electron chi connectivity index (χ2n) is 7.85. The van der Waals surface area contributed by atoms with Gasteiger partial charge in [0.05, 0.1) is 6.61 Å². The minimum absolute atomic E-state index is 0.0422. The standard InChI is InChI=1S/C20H23F3O2/c1-19(2,3)13-9-18(17(23)10-16(13)22)25-11-20(4,5)14-8-12(24)6-7-15(14)21/h6-10,24H,11H2,1-5H3. The van der Waals surface area contributed by atoms with Gasteiger partial charge in [-0.3, -0.25) is 0 Å². The SMILES string of the molecule is CC(C)(C)c1cc(OCC(C)(C)c2cc(O)ccc2F)c(F)cc1F. The molecule has 2 aromatic rings. The second-order valence-corrected chi connectivity index (χ2v) is 7.85. The van der Waals surface area contributed by atoms with E-state index in [1.165, 1.54) is 24.3 Å². The maximum absolute atomic E-state index is 14.1. The molecule has 0 unspecified atom stereocenters. The minimum atomic E-state index is -0.828. The second kappa shape index (κ2) is 6.62. The van der Waals surface area contributed by atoms with Crippen LogP contribution >= 0.6 is 0 Å². The number of ether oxygens (including phenoxy) is 1. The summed E-state index contributed by atoms with van der Waals surface area (Å²) in [5.41, 5.74) is -0.745. The number of phenolic OH excluding ortho intramolecular Hbond substituents is 1. The van der Waals surface area contributed by atoms with Crippen molar-refractivity contribution in [3.8, 4) is 11.5 Å². The van der Waals surface area contributed by atoms with E-state index in [4.69, 9.17) is 4.74 Å². The Balaban J connectivity index is 2.30. The third-order valence-electron chi connectivity index (χ3n) is 4.10. The lowest BCUT2D eigenvalue weighted by atomic mass is 9.85. The Kier molecular flexibility index (Phi) is 5.07. The molecule has 0 spiro atoms. The zero-order valence-corrected chi connectivity index (χ0v) is 15.1. The van der Waals surface area contributed by atoms with Crippen LogP contribution in [-0.4, -0.2) is 11.7 Å². The zero-order valence-electron chi connectivity index (χ0n) is 15.1. The van der Waals surface area contributed by atoms with Crippen molar-refractivity contribution in [2.75, 3.05) is 6.61 Å². The number of hydrogen-bond donors (Lipinski definition) is 1. The van der Waals surface area contributed by atoms with Crippen LogP contribution < -0.4 is 4.74 Å². The summed E-state index contributed by atoms with van der Waals surface area (Å²) in [7, 11) is 0. The summed E-state index contributed by atoms with van der Waals surface area (Å²) in [5.74, 6) is -2.07. The molecule has 2 rings (SSSR count). The highest BCUT2D eigenvalue weighted by atomic mass is 19.1. The van der Waals surface area contributed by atoms with E-state index in [2.05, 4.69) is 0 Å². The van der Waals surface area contributed by atoms with Crippen molar-refractivity contribution < 1.29 is 23.0 Å². The molecule has 0 aliphatic rings. The topological polar surface area (TPSA) is 29.5 Å². The number of aromatic hydroxyl groups is 1. The largest absolute Gasteiger partial charge is 0.508 e. The Bertz CT molecular complexity index is 777. The van der Waals surface area contributed by atoms with Crippen molar-refractivity contribution in [2.24, 2.45) is 0 Å². The lowest BCUT2D eigenvalue weighted by Gasteiger charge is -2.27. The number of hydrogen-bond acceptors (Lipinski definition) is 2. The quantitative estimate of drug-likeness (QED) is 0.791. The Morgan fingerprint density at radius 1 is 0.840 bits per heavy atom. The first-order valence-corrected chi connectivity index (χ1v) is 8.03. The van der Waals surface area contributed by atoms with E-state index in [1.807, 2.05) is 20.8 Å². The van der Waals surface area contributed by atoms with Crippen molar-refractivity contribution in [1.82, 2.24) is 0 Å². The molecule has 0 saturated heterocycles. The first kappa shape index (κ1) is 19.2. The number of rotatable bonds is 4. The average molecular weight is 352 g/mol. The smallest absolute Gasteiger partial charge is 0.167 e. The molecule has 0 aromatic heterocycles. The van der Waals surface area contributed by atoms with E-state index in [9.17, 15) is 18.3 Å². The van der Waals surface area contributed by atoms with Crippen LogP contribution in [0, 0.1) is 17.5 Å². The highest BCUT2D eigenvalue weighted by molar-refractivity contribution is 5.37. The maximum Gasteiger partial charge on any atom is 0.167 e. The van der Waals surface area contributed by atoms with Gasteiger partial charge in [0, 0.05) is 17.0 Å². The van der Waals surface area contributed by atoms with Crippen LogP contribution in [0.3, 0.4) is 0 Å². The molecule has 5 heteroatoms. The number of halogens is 3. The first-order chi connectivity index (χ1) is 11.4. The molecule has 0 atom stereocenters. The van der Waals surface area contributed by atoms with E-state index in [0.717, 1.165) is 6.07 Å². The fraction of sp³-hybridized carbons (Fsp3) is 0.400. The van der Waals surface area contributed by atoms with E-state index in [0.29, 0.717) is 5.56 Å². The Morgan fingerprint density at radius 3 is 2.08 bits per heavy atom. The van der Waals surface area contributed by atoms with Crippen molar-refractivity contribution in [3.63, 3.8) is 0 Å². The molecule has 136 valence electrons. The fourth-order valence-corrected chi connectivity index (χ4v) is 2.58. The summed E-state index contributed by atoms with van der Waals surface area (Å²) in [6, 6.07) is 5.89. The van der Waals surface area contributed by atoms with Crippen molar-refractivity contribution >= 4 is 0 Å². The molecule has 2 nitrogen and oxygen atoms in total. The zero-order chi connectivity index (χ0) is 19.0. The molecule has 0 aliphatic carbocycles. The molecular formula is C20H23F3O2. The van der Waals surface area contributed by atoms with Crippen LogP contribution in [0.2, 0.25) is 0 Å². The Labute approximate surface area is 146 Å². The van der Waals surface area contributed by atoms with Crippen LogP contribution in [0.4, 0.5) is 13.2 Å². The molecule has 0 amide bonds. The van der Waals surface area contributed by atoms with E-state index >= 15 is 0 Å². The van der Waals surface area contributed by atoms with Crippen LogP contribution in [0.15, 0.2) is 30.3 Å². The summed E-state index contributed by atoms with van der Waals surface area (Å²) < 4.78 is 47.7. The van der Waals surface area contributed by atoms with E-state index in [-0.39, 0.29) is 23.7 Å². The average Bonchev–Trinajstić information content (AvgIpc) is 2.47. The van der Waals surface area contributed by atoms with Crippen molar-refractivity contribution in [1.29, 1.82) is 0 Å². The van der Waals surface area contributed by atoms with Crippen LogP contribution in [0.5, 0.6) is 11.5 Å². The summed E-state index contributed by atoms with van der Waals surface area (Å²) in [6.45, 7) is 8.85. The molecule has 1 N–H and O–H groups in total. The van der Waals surface area contributed by atoms with Crippen molar-refractivity contribution in [3.05, 3.63) is 58.9 Å². The first-order valence-electron chi connectivity index (χ1n) is 8.03. The minimum Gasteiger partial charge on any atom is -0.508 e. The summed E-state index contributed by atoms with van der Waals surface area (Å²) in [6.07, 6.45) is 0.